The highest BCUT2D eigenvalue weighted by Crippen LogP contribution is 2.32. The zero-order valence-electron chi connectivity index (χ0n) is 14.7. The molecule has 1 unspecified atom stereocenters. The quantitative estimate of drug-likeness (QED) is 0.638. The Bertz CT molecular complexity index is 576. The van der Waals surface area contributed by atoms with Crippen LogP contribution in [0.25, 0.3) is 0 Å². The molecule has 2 aliphatic rings. The van der Waals surface area contributed by atoms with Crippen molar-refractivity contribution in [3.8, 4) is 11.5 Å². The van der Waals surface area contributed by atoms with Gasteiger partial charge >= 0.3 is 0 Å². The van der Waals surface area contributed by atoms with Gasteiger partial charge in [-0.1, -0.05) is 12.5 Å². The van der Waals surface area contributed by atoms with Crippen LogP contribution in [0.2, 0.25) is 0 Å². The van der Waals surface area contributed by atoms with E-state index in [0.29, 0.717) is 19.4 Å². The maximum absolute atomic E-state index is 5.41. The molecule has 2 N–H and O–H groups in total. The number of nitrogens with one attached hydrogen (secondary N) is 2. The van der Waals surface area contributed by atoms with Crippen molar-refractivity contribution < 1.29 is 9.47 Å². The summed E-state index contributed by atoms with van der Waals surface area (Å²) in [5.41, 5.74) is 1.15. The van der Waals surface area contributed by atoms with E-state index in [4.69, 9.17) is 9.47 Å². The predicted molar refractivity (Wildman–Crippen MR) is 95.7 cm³/mol. The average Bonchev–Trinajstić information content (AvgIpc) is 3.07. The lowest BCUT2D eigenvalue weighted by Gasteiger charge is -2.33. The van der Waals surface area contributed by atoms with Crippen molar-refractivity contribution in [2.75, 3.05) is 33.5 Å². The number of benzene rings is 1. The number of ether oxygens (including phenoxy) is 2. The molecule has 1 atom stereocenters. The zero-order valence-corrected chi connectivity index (χ0v) is 14.7. The maximum atomic E-state index is 5.41. The average molecular weight is 332 g/mol. The van der Waals surface area contributed by atoms with Gasteiger partial charge in [0.2, 0.25) is 6.79 Å². The lowest BCUT2D eigenvalue weighted by Crippen LogP contribution is -2.45. The molecule has 0 spiro atoms. The first-order valence-electron chi connectivity index (χ1n) is 8.83. The number of nitrogens with zero attached hydrogens (tertiary/aromatic N) is 2. The van der Waals surface area contributed by atoms with E-state index in [0.717, 1.165) is 36.1 Å². The number of hydrogen-bond donors (Lipinski definition) is 2. The molecule has 1 fully saturated rings. The minimum Gasteiger partial charge on any atom is -0.454 e. The summed E-state index contributed by atoms with van der Waals surface area (Å²) in [6, 6.07) is 6.71. The molecule has 1 aromatic carbocycles. The van der Waals surface area contributed by atoms with Gasteiger partial charge in [-0.15, -0.1) is 0 Å². The second-order valence-electron chi connectivity index (χ2n) is 6.42. The van der Waals surface area contributed by atoms with Crippen molar-refractivity contribution in [1.82, 2.24) is 15.5 Å². The van der Waals surface area contributed by atoms with E-state index in [-0.39, 0.29) is 0 Å². The lowest BCUT2D eigenvalue weighted by atomic mass is 10.0. The van der Waals surface area contributed by atoms with Gasteiger partial charge in [-0.3, -0.25) is 9.89 Å². The molecular weight excluding hydrogens is 304 g/mol. The number of fused-ring (bicyclic) bond motifs is 1. The Morgan fingerprint density at radius 3 is 2.96 bits per heavy atom. The SMILES string of the molecule is CN=C(NCCN1CCCCC1C)NCc1ccc2c(c1)OCO2. The minimum atomic E-state index is 0.310. The van der Waals surface area contributed by atoms with Gasteiger partial charge in [0, 0.05) is 32.7 Å². The van der Waals surface area contributed by atoms with Gasteiger partial charge in [-0.2, -0.15) is 0 Å². The summed E-state index contributed by atoms with van der Waals surface area (Å²) < 4.78 is 10.7. The molecule has 24 heavy (non-hydrogen) atoms. The summed E-state index contributed by atoms with van der Waals surface area (Å²) in [5, 5.41) is 6.75. The normalized spacial score (nSPS) is 20.9. The van der Waals surface area contributed by atoms with Crippen LogP contribution in [0.3, 0.4) is 0 Å². The van der Waals surface area contributed by atoms with E-state index in [1.807, 2.05) is 18.2 Å². The van der Waals surface area contributed by atoms with Crippen LogP contribution in [0.1, 0.15) is 31.7 Å². The van der Waals surface area contributed by atoms with Crippen LogP contribution in [0.5, 0.6) is 11.5 Å². The summed E-state index contributed by atoms with van der Waals surface area (Å²) in [5.74, 6) is 2.46. The molecule has 0 amide bonds. The predicted octanol–water partition coefficient (Wildman–Crippen LogP) is 1.95. The number of likely N-dealkylation sites (tertiary alicyclic amines) is 1. The summed E-state index contributed by atoms with van der Waals surface area (Å²) in [7, 11) is 1.80. The van der Waals surface area contributed by atoms with Crippen LogP contribution in [0.15, 0.2) is 23.2 Å². The first-order valence-corrected chi connectivity index (χ1v) is 8.83. The minimum absolute atomic E-state index is 0.310. The van der Waals surface area contributed by atoms with E-state index in [2.05, 4.69) is 27.4 Å². The van der Waals surface area contributed by atoms with Crippen molar-refractivity contribution in [2.45, 2.75) is 38.8 Å². The third-order valence-corrected chi connectivity index (χ3v) is 4.75. The van der Waals surface area contributed by atoms with Crippen molar-refractivity contribution >= 4 is 5.96 Å². The Morgan fingerprint density at radius 2 is 2.12 bits per heavy atom. The Labute approximate surface area is 144 Å². The molecule has 0 bridgehead atoms. The molecule has 0 aromatic heterocycles. The van der Waals surface area contributed by atoms with Crippen LogP contribution in [0.4, 0.5) is 0 Å². The zero-order chi connectivity index (χ0) is 16.8. The summed E-state index contributed by atoms with van der Waals surface area (Å²) in [4.78, 5) is 6.85. The summed E-state index contributed by atoms with van der Waals surface area (Å²) in [6.45, 7) is 6.52. The molecule has 0 saturated carbocycles. The fraction of sp³-hybridized carbons (Fsp3) is 0.611. The second kappa shape index (κ2) is 8.24. The smallest absolute Gasteiger partial charge is 0.231 e. The lowest BCUT2D eigenvalue weighted by molar-refractivity contribution is 0.163. The molecule has 132 valence electrons. The molecule has 1 aromatic rings. The van der Waals surface area contributed by atoms with Crippen molar-refractivity contribution in [3.63, 3.8) is 0 Å². The first kappa shape index (κ1) is 16.9. The van der Waals surface area contributed by atoms with Crippen LogP contribution in [-0.2, 0) is 6.54 Å². The summed E-state index contributed by atoms with van der Waals surface area (Å²) >= 11 is 0. The third kappa shape index (κ3) is 4.32. The van der Waals surface area contributed by atoms with Gasteiger partial charge in [0.1, 0.15) is 0 Å². The topological polar surface area (TPSA) is 58.1 Å². The maximum Gasteiger partial charge on any atom is 0.231 e. The van der Waals surface area contributed by atoms with Gasteiger partial charge in [0.05, 0.1) is 0 Å². The van der Waals surface area contributed by atoms with Gasteiger partial charge < -0.3 is 20.1 Å². The van der Waals surface area contributed by atoms with Crippen LogP contribution < -0.4 is 20.1 Å². The molecule has 3 rings (SSSR count). The number of hydrogen-bond acceptors (Lipinski definition) is 4. The highest BCUT2D eigenvalue weighted by Gasteiger charge is 2.17. The fourth-order valence-electron chi connectivity index (χ4n) is 3.27. The standard InChI is InChI=1S/C18H28N4O2/c1-14-5-3-4-9-22(14)10-8-20-18(19-2)21-12-15-6-7-16-17(11-15)24-13-23-16/h6-7,11,14H,3-5,8-10,12-13H2,1-2H3,(H2,19,20,21). The van der Waals surface area contributed by atoms with Crippen LogP contribution >= 0.6 is 0 Å². The van der Waals surface area contributed by atoms with E-state index in [1.165, 1.54) is 25.8 Å². The first-order chi connectivity index (χ1) is 11.8. The molecule has 2 aliphatic heterocycles. The molecular formula is C18H28N4O2. The van der Waals surface area contributed by atoms with Crippen molar-refractivity contribution in [1.29, 1.82) is 0 Å². The number of guanidine groups is 1. The van der Waals surface area contributed by atoms with Crippen molar-refractivity contribution in [2.24, 2.45) is 4.99 Å². The van der Waals surface area contributed by atoms with Crippen LogP contribution in [0, 0.1) is 0 Å². The molecule has 6 heteroatoms. The largest absolute Gasteiger partial charge is 0.454 e. The molecule has 6 nitrogen and oxygen atoms in total. The highest BCUT2D eigenvalue weighted by molar-refractivity contribution is 5.79. The van der Waals surface area contributed by atoms with E-state index in [9.17, 15) is 0 Å². The molecule has 0 radical (unpaired) electrons. The van der Waals surface area contributed by atoms with Gasteiger partial charge in [0.25, 0.3) is 0 Å². The fourth-order valence-corrected chi connectivity index (χ4v) is 3.27. The number of rotatable bonds is 5. The van der Waals surface area contributed by atoms with E-state index in [1.54, 1.807) is 7.05 Å². The van der Waals surface area contributed by atoms with E-state index < -0.39 is 0 Å². The molecule has 1 saturated heterocycles. The Balaban J connectivity index is 1.42. The third-order valence-electron chi connectivity index (χ3n) is 4.75. The number of aliphatic imine (C=N–C) groups is 1. The monoisotopic (exact) mass is 332 g/mol. The van der Waals surface area contributed by atoms with Crippen LogP contribution in [-0.4, -0.2) is 50.4 Å². The molecule has 0 aliphatic carbocycles. The molecule has 2 heterocycles. The second-order valence-corrected chi connectivity index (χ2v) is 6.42. The van der Waals surface area contributed by atoms with E-state index >= 15 is 0 Å². The van der Waals surface area contributed by atoms with Crippen molar-refractivity contribution in [3.05, 3.63) is 23.8 Å². The van der Waals surface area contributed by atoms with Gasteiger partial charge in [-0.25, -0.2) is 0 Å². The highest BCUT2D eigenvalue weighted by atomic mass is 16.7. The van der Waals surface area contributed by atoms with Gasteiger partial charge in [-0.05, 0) is 44.0 Å². The summed E-state index contributed by atoms with van der Waals surface area (Å²) in [6.07, 6.45) is 4.00. The Morgan fingerprint density at radius 1 is 1.25 bits per heavy atom. The Hall–Kier alpha value is -1.95. The van der Waals surface area contributed by atoms with Gasteiger partial charge in [0.15, 0.2) is 17.5 Å². The Kier molecular flexibility index (Phi) is 5.80. The number of piperidine rings is 1.